The van der Waals surface area contributed by atoms with Gasteiger partial charge in [-0.1, -0.05) is 48.0 Å². The van der Waals surface area contributed by atoms with E-state index in [1.165, 1.54) is 24.3 Å². The molecule has 1 N–H and O–H groups in total. The maximum absolute atomic E-state index is 14.8. The minimum Gasteiger partial charge on any atom is -0.394 e. The molecule has 0 spiro atoms. The topological polar surface area (TPSA) is 148 Å². The van der Waals surface area contributed by atoms with Gasteiger partial charge in [0.15, 0.2) is 0 Å². The number of benzene rings is 2. The Morgan fingerprint density at radius 2 is 1.74 bits per heavy atom. The van der Waals surface area contributed by atoms with E-state index in [-0.39, 0.29) is 33.7 Å². The molecule has 4 aromatic rings. The van der Waals surface area contributed by atoms with Crippen LogP contribution in [0.4, 0.5) is 4.39 Å². The zero-order valence-electron chi connectivity index (χ0n) is 22.2. The summed E-state index contributed by atoms with van der Waals surface area (Å²) in [5.41, 5.74) is -3.10. The summed E-state index contributed by atoms with van der Waals surface area (Å²) in [7, 11) is 0. The van der Waals surface area contributed by atoms with Crippen molar-refractivity contribution < 1.29 is 33.4 Å². The molecule has 0 saturated carbocycles. The molecular weight excluding hydrogens is 589 g/mol. The number of halogens is 2. The molecule has 222 valence electrons. The first-order valence-corrected chi connectivity index (χ1v) is 13.2. The van der Waals surface area contributed by atoms with Crippen LogP contribution >= 0.6 is 11.6 Å². The van der Waals surface area contributed by atoms with Crippen LogP contribution in [-0.4, -0.2) is 49.7 Å². The van der Waals surface area contributed by atoms with E-state index in [0.29, 0.717) is 10.9 Å². The molecule has 0 amide bonds. The van der Waals surface area contributed by atoms with Gasteiger partial charge in [-0.05, 0) is 29.8 Å². The molecule has 0 aliphatic carbocycles. The molecule has 3 heterocycles. The van der Waals surface area contributed by atoms with Crippen LogP contribution in [0.25, 0.3) is 0 Å². The number of rotatable bonds is 8. The van der Waals surface area contributed by atoms with Crippen molar-refractivity contribution >= 4 is 23.5 Å². The van der Waals surface area contributed by atoms with Crippen molar-refractivity contribution in [1.29, 1.82) is 0 Å². The van der Waals surface area contributed by atoms with Crippen LogP contribution in [0.2, 0.25) is 5.02 Å². The Bertz CT molecular complexity index is 1850. The van der Waals surface area contributed by atoms with Gasteiger partial charge in [-0.2, -0.15) is 8.96 Å². The summed E-state index contributed by atoms with van der Waals surface area (Å²) in [6.45, 7) is -0.278. The van der Waals surface area contributed by atoms with Crippen molar-refractivity contribution in [2.75, 3.05) is 6.61 Å². The second-order valence-electron chi connectivity index (χ2n) is 9.47. The average molecular weight is 612 g/mol. The number of ether oxygens (including phenoxy) is 2. The molecular formula is C29H23ClFN3O9. The Labute approximate surface area is 246 Å². The third kappa shape index (κ3) is 6.39. The van der Waals surface area contributed by atoms with E-state index in [4.69, 9.17) is 25.9 Å². The molecule has 1 saturated heterocycles. The molecule has 14 heteroatoms. The van der Waals surface area contributed by atoms with Gasteiger partial charge in [0.2, 0.25) is 5.82 Å². The van der Waals surface area contributed by atoms with Crippen LogP contribution in [0, 0.1) is 5.82 Å². The zero-order chi connectivity index (χ0) is 30.7. The Balaban J connectivity index is 1.40. The number of carbonyl (C=O) groups is 2. The number of pyridine rings is 1. The molecule has 2 aromatic carbocycles. The first-order valence-electron chi connectivity index (χ1n) is 12.9. The molecule has 12 nitrogen and oxygen atoms in total. The van der Waals surface area contributed by atoms with Crippen molar-refractivity contribution in [2.45, 2.75) is 31.5 Å². The number of aromatic nitrogens is 3. The van der Waals surface area contributed by atoms with Crippen LogP contribution < -0.4 is 21.6 Å². The summed E-state index contributed by atoms with van der Waals surface area (Å²) >= 11 is 5.83. The summed E-state index contributed by atoms with van der Waals surface area (Å²) in [5.74, 6) is -3.70. The lowest BCUT2D eigenvalue weighted by molar-refractivity contribution is -0.0661. The summed E-state index contributed by atoms with van der Waals surface area (Å²) < 4.78 is 27.8. The Hall–Kier alpha value is -4.69. The maximum atomic E-state index is 14.8. The van der Waals surface area contributed by atoms with Gasteiger partial charge in [0.1, 0.15) is 12.3 Å². The highest BCUT2D eigenvalue weighted by atomic mass is 35.5. The van der Waals surface area contributed by atoms with Gasteiger partial charge in [-0.25, -0.2) is 9.59 Å². The van der Waals surface area contributed by atoms with Gasteiger partial charge < -0.3 is 19.4 Å². The fourth-order valence-electron chi connectivity index (χ4n) is 4.48. The molecule has 2 aromatic heterocycles. The van der Waals surface area contributed by atoms with Crippen LogP contribution in [0.1, 0.15) is 38.9 Å². The van der Waals surface area contributed by atoms with E-state index >= 15 is 0 Å². The molecule has 0 radical (unpaired) electrons. The first kappa shape index (κ1) is 29.8. The predicted octanol–water partition coefficient (Wildman–Crippen LogP) is 1.79. The second kappa shape index (κ2) is 12.7. The number of aliphatic hydroxyl groups excluding tert-OH is 1. The van der Waals surface area contributed by atoms with Crippen LogP contribution in [0.5, 0.6) is 0 Å². The third-order valence-electron chi connectivity index (χ3n) is 6.62. The van der Waals surface area contributed by atoms with Crippen LogP contribution in [-0.2, 0) is 16.1 Å². The Kier molecular flexibility index (Phi) is 8.78. The highest BCUT2D eigenvalue weighted by molar-refractivity contribution is 6.30. The minimum atomic E-state index is -1.52. The van der Waals surface area contributed by atoms with Gasteiger partial charge in [0, 0.05) is 18.1 Å². The van der Waals surface area contributed by atoms with Crippen molar-refractivity contribution in [2.24, 2.45) is 0 Å². The van der Waals surface area contributed by atoms with Gasteiger partial charge >= 0.3 is 11.7 Å². The fraction of sp³-hybridized carbons (Fsp3) is 0.207. The lowest BCUT2D eigenvalue weighted by Gasteiger charge is -2.17. The highest BCUT2D eigenvalue weighted by Crippen LogP contribution is 2.30. The zero-order valence-corrected chi connectivity index (χ0v) is 22.9. The predicted molar refractivity (Wildman–Crippen MR) is 148 cm³/mol. The highest BCUT2D eigenvalue weighted by Gasteiger charge is 2.38. The van der Waals surface area contributed by atoms with E-state index in [0.717, 1.165) is 28.5 Å². The summed E-state index contributed by atoms with van der Waals surface area (Å²) in [4.78, 5) is 69.0. The van der Waals surface area contributed by atoms with Gasteiger partial charge in [0.05, 0.1) is 42.3 Å². The maximum Gasteiger partial charge on any atom is 0.363 e. The van der Waals surface area contributed by atoms with Crippen molar-refractivity contribution in [1.82, 2.24) is 13.9 Å². The fourth-order valence-corrected chi connectivity index (χ4v) is 4.63. The number of aliphatic hydroxyl groups is 1. The summed E-state index contributed by atoms with van der Waals surface area (Å²) in [6.07, 6.45) is -1.02. The van der Waals surface area contributed by atoms with Gasteiger partial charge in [-0.3, -0.25) is 19.0 Å². The lowest BCUT2D eigenvalue weighted by atomic mass is 10.1. The van der Waals surface area contributed by atoms with Crippen molar-refractivity contribution in [3.05, 3.63) is 138 Å². The quantitative estimate of drug-likeness (QED) is 0.315. The van der Waals surface area contributed by atoms with Gasteiger partial charge in [-0.15, -0.1) is 4.73 Å². The molecule has 0 bridgehead atoms. The molecule has 1 aliphatic rings. The smallest absolute Gasteiger partial charge is 0.363 e. The van der Waals surface area contributed by atoms with E-state index in [1.807, 2.05) is 30.3 Å². The van der Waals surface area contributed by atoms with Crippen molar-refractivity contribution in [3.8, 4) is 0 Å². The normalized spacial score (nSPS) is 18.0. The van der Waals surface area contributed by atoms with E-state index in [9.17, 15) is 33.5 Å². The molecule has 1 aliphatic heterocycles. The number of carbonyl (C=O) groups excluding carboxylic acids is 2. The molecule has 43 heavy (non-hydrogen) atoms. The minimum absolute atomic E-state index is 0.00794. The summed E-state index contributed by atoms with van der Waals surface area (Å²) in [5, 5.41) is 9.93. The third-order valence-corrected chi connectivity index (χ3v) is 6.85. The molecule has 1 fully saturated rings. The number of nitrogens with zero attached hydrogens (tertiary/aromatic N) is 3. The van der Waals surface area contributed by atoms with E-state index in [2.05, 4.69) is 0 Å². The monoisotopic (exact) mass is 611 g/mol. The number of hydrogen-bond donors (Lipinski definition) is 1. The van der Waals surface area contributed by atoms with Crippen LogP contribution in [0.15, 0.2) is 93.5 Å². The first-order chi connectivity index (χ1) is 20.7. The molecule has 0 unspecified atom stereocenters. The van der Waals surface area contributed by atoms with Crippen molar-refractivity contribution in [3.63, 3.8) is 0 Å². The van der Waals surface area contributed by atoms with Gasteiger partial charge in [0.25, 0.3) is 17.0 Å². The average Bonchev–Trinajstić information content (AvgIpc) is 3.43. The van der Waals surface area contributed by atoms with E-state index < -0.39 is 59.5 Å². The standard InChI is InChI=1S/C29H23ClFN3O9/c30-20-9-10-24(36)33(13-20)43-28(39)19-8-4-7-18(11-19)26(37)34-27(38)21(31)14-32(29(34)40)25-12-22(23(15-35)42-25)41-16-17-5-2-1-3-6-17/h1-11,13-14,22-23,25,35H,12,15-16H2/t22-,23+,25+/m0/s1. The van der Waals surface area contributed by atoms with E-state index in [1.54, 1.807) is 0 Å². The Morgan fingerprint density at radius 3 is 2.49 bits per heavy atom. The van der Waals surface area contributed by atoms with Crippen LogP contribution in [0.3, 0.4) is 0 Å². The second-order valence-corrected chi connectivity index (χ2v) is 9.90. The Morgan fingerprint density at radius 1 is 1.00 bits per heavy atom. The SMILES string of the molecule is O=C(On1cc(Cl)ccc1=O)c1cccc(C(=O)n2c(=O)c(F)cn([C@H]3C[C@H](OCc4ccccc4)[C@@H](CO)O3)c2=O)c1. The number of hydrogen-bond acceptors (Lipinski definition) is 9. The molecule has 3 atom stereocenters. The molecule has 5 rings (SSSR count). The summed E-state index contributed by atoms with van der Waals surface area (Å²) in [6, 6.07) is 16.3. The largest absolute Gasteiger partial charge is 0.394 e. The lowest BCUT2D eigenvalue weighted by Crippen LogP contribution is -2.46.